The minimum absolute atomic E-state index is 0.0199. The topological polar surface area (TPSA) is 94.1 Å². The quantitative estimate of drug-likeness (QED) is 0.640. The van der Waals surface area contributed by atoms with Crippen molar-refractivity contribution in [1.29, 1.82) is 0 Å². The van der Waals surface area contributed by atoms with Crippen molar-refractivity contribution in [2.45, 2.75) is 25.3 Å². The van der Waals surface area contributed by atoms with Crippen molar-refractivity contribution in [3.8, 4) is 0 Å². The van der Waals surface area contributed by atoms with Crippen LogP contribution >= 0.6 is 0 Å². The molecular formula is C13H16N4O2. The lowest BCUT2D eigenvalue weighted by Gasteiger charge is -2.11. The Hall–Kier alpha value is -1.85. The average molecular weight is 260 g/mol. The van der Waals surface area contributed by atoms with Crippen molar-refractivity contribution < 1.29 is 4.92 Å². The zero-order valence-corrected chi connectivity index (χ0v) is 10.5. The lowest BCUT2D eigenvalue weighted by molar-refractivity contribution is -0.384. The minimum Gasteiger partial charge on any atom is -0.384 e. The molecule has 4 unspecified atom stereocenters. The average Bonchev–Trinajstić information content (AvgIpc) is 2.78. The minimum atomic E-state index is -0.401. The molecule has 1 aromatic rings. The molecule has 3 saturated carbocycles. The second-order valence-electron chi connectivity index (χ2n) is 6.02. The van der Waals surface area contributed by atoms with Gasteiger partial charge in [-0.05, 0) is 49.0 Å². The summed E-state index contributed by atoms with van der Waals surface area (Å²) in [7, 11) is 0. The van der Waals surface area contributed by atoms with Gasteiger partial charge in [0, 0.05) is 12.1 Å². The zero-order valence-electron chi connectivity index (χ0n) is 10.5. The van der Waals surface area contributed by atoms with Crippen LogP contribution in [0.5, 0.6) is 0 Å². The van der Waals surface area contributed by atoms with E-state index < -0.39 is 4.92 Å². The molecule has 1 heterocycles. The summed E-state index contributed by atoms with van der Waals surface area (Å²) in [5, 5.41) is 14.3. The number of nitrogens with two attached hydrogens (primary N) is 1. The van der Waals surface area contributed by atoms with Gasteiger partial charge in [-0.3, -0.25) is 10.1 Å². The van der Waals surface area contributed by atoms with Crippen LogP contribution in [-0.2, 0) is 0 Å². The highest BCUT2D eigenvalue weighted by molar-refractivity contribution is 5.60. The molecule has 3 aliphatic carbocycles. The molecule has 1 aromatic heterocycles. The van der Waals surface area contributed by atoms with E-state index in [2.05, 4.69) is 10.3 Å². The molecule has 6 nitrogen and oxygen atoms in total. The van der Waals surface area contributed by atoms with Gasteiger partial charge in [0.2, 0.25) is 5.82 Å². The second-order valence-corrected chi connectivity index (χ2v) is 6.02. The first-order valence-electron chi connectivity index (χ1n) is 6.82. The fourth-order valence-electron chi connectivity index (χ4n) is 4.40. The number of pyridine rings is 1. The van der Waals surface area contributed by atoms with E-state index in [-0.39, 0.29) is 5.69 Å². The van der Waals surface area contributed by atoms with Crippen LogP contribution < -0.4 is 11.1 Å². The van der Waals surface area contributed by atoms with Crippen molar-refractivity contribution in [3.63, 3.8) is 0 Å². The molecule has 0 saturated heterocycles. The molecule has 0 spiro atoms. The summed E-state index contributed by atoms with van der Waals surface area (Å²) in [6, 6.07) is 3.28. The number of anilines is 2. The Bertz CT molecular complexity index is 546. The van der Waals surface area contributed by atoms with Gasteiger partial charge >= 0.3 is 5.69 Å². The molecular weight excluding hydrogens is 244 g/mol. The molecule has 0 aliphatic heterocycles. The highest BCUT2D eigenvalue weighted by Crippen LogP contribution is 2.66. The largest absolute Gasteiger partial charge is 0.384 e. The Balaban J connectivity index is 1.58. The maximum Gasteiger partial charge on any atom is 0.311 e. The molecule has 0 amide bonds. The molecule has 3 fully saturated rings. The molecule has 4 atom stereocenters. The summed E-state index contributed by atoms with van der Waals surface area (Å²) in [4.78, 5) is 14.7. The first kappa shape index (κ1) is 11.0. The number of nitrogen functional groups attached to an aromatic ring is 1. The molecule has 2 bridgehead atoms. The van der Waals surface area contributed by atoms with Gasteiger partial charge in [0.05, 0.1) is 4.92 Å². The van der Waals surface area contributed by atoms with Crippen LogP contribution in [0, 0.1) is 33.8 Å². The monoisotopic (exact) mass is 260 g/mol. The van der Waals surface area contributed by atoms with E-state index in [1.54, 1.807) is 0 Å². The van der Waals surface area contributed by atoms with Crippen LogP contribution in [0.15, 0.2) is 12.1 Å². The third-order valence-electron chi connectivity index (χ3n) is 5.13. The van der Waals surface area contributed by atoms with E-state index in [4.69, 9.17) is 5.73 Å². The lowest BCUT2D eigenvalue weighted by atomic mass is 10.0. The predicted molar refractivity (Wildman–Crippen MR) is 70.5 cm³/mol. The SMILES string of the molecule is Nc1ccc([N+](=O)[O-])c(NC2C3C4CCC(C4)C23)n1. The second kappa shape index (κ2) is 3.59. The number of rotatable bonds is 3. The van der Waals surface area contributed by atoms with Crippen molar-refractivity contribution in [1.82, 2.24) is 4.98 Å². The van der Waals surface area contributed by atoms with Gasteiger partial charge in [-0.25, -0.2) is 4.98 Å². The lowest BCUT2D eigenvalue weighted by Crippen LogP contribution is -2.15. The first-order chi connectivity index (χ1) is 9.15. The molecule has 0 aromatic carbocycles. The maximum atomic E-state index is 11.0. The van der Waals surface area contributed by atoms with Crippen molar-refractivity contribution in [2.24, 2.45) is 23.7 Å². The molecule has 6 heteroatoms. The summed E-state index contributed by atoms with van der Waals surface area (Å²) in [6.45, 7) is 0. The van der Waals surface area contributed by atoms with E-state index in [0.717, 1.165) is 11.8 Å². The van der Waals surface area contributed by atoms with Crippen LogP contribution in [0.2, 0.25) is 0 Å². The fraction of sp³-hybridized carbons (Fsp3) is 0.615. The Labute approximate surface area is 110 Å². The number of nitrogens with zero attached hydrogens (tertiary/aromatic N) is 2. The van der Waals surface area contributed by atoms with Gasteiger partial charge in [0.15, 0.2) is 0 Å². The molecule has 0 radical (unpaired) electrons. The Morgan fingerprint density at radius 3 is 2.63 bits per heavy atom. The van der Waals surface area contributed by atoms with Crippen LogP contribution in [0.4, 0.5) is 17.3 Å². The smallest absolute Gasteiger partial charge is 0.311 e. The van der Waals surface area contributed by atoms with Crippen molar-refractivity contribution >= 4 is 17.3 Å². The van der Waals surface area contributed by atoms with Gasteiger partial charge in [-0.2, -0.15) is 0 Å². The highest BCUT2D eigenvalue weighted by Gasteiger charge is 2.65. The fourth-order valence-corrected chi connectivity index (χ4v) is 4.40. The predicted octanol–water partition coefficient (Wildman–Crippen LogP) is 2.03. The number of nitro groups is 1. The summed E-state index contributed by atoms with van der Waals surface area (Å²) in [6.07, 6.45) is 4.02. The van der Waals surface area contributed by atoms with Gasteiger partial charge < -0.3 is 11.1 Å². The Morgan fingerprint density at radius 2 is 2.00 bits per heavy atom. The number of fused-ring (bicyclic) bond motifs is 5. The van der Waals surface area contributed by atoms with Gasteiger partial charge in [0.25, 0.3) is 0 Å². The molecule has 3 aliphatic rings. The number of aromatic nitrogens is 1. The zero-order chi connectivity index (χ0) is 13.1. The van der Waals surface area contributed by atoms with Crippen molar-refractivity contribution in [3.05, 3.63) is 22.2 Å². The first-order valence-corrected chi connectivity index (χ1v) is 6.82. The molecule has 100 valence electrons. The van der Waals surface area contributed by atoms with Gasteiger partial charge in [-0.1, -0.05) is 0 Å². The van der Waals surface area contributed by atoms with Crippen LogP contribution in [0.3, 0.4) is 0 Å². The third-order valence-corrected chi connectivity index (χ3v) is 5.13. The molecule has 19 heavy (non-hydrogen) atoms. The van der Waals surface area contributed by atoms with E-state index >= 15 is 0 Å². The van der Waals surface area contributed by atoms with Crippen LogP contribution in [0.1, 0.15) is 19.3 Å². The van der Waals surface area contributed by atoms with Crippen LogP contribution in [-0.4, -0.2) is 15.9 Å². The normalized spacial score (nSPS) is 38.0. The van der Waals surface area contributed by atoms with E-state index in [0.29, 0.717) is 29.5 Å². The third kappa shape index (κ3) is 1.52. The molecule has 4 rings (SSSR count). The van der Waals surface area contributed by atoms with Gasteiger partial charge in [0.1, 0.15) is 5.82 Å². The summed E-state index contributed by atoms with van der Waals surface area (Å²) >= 11 is 0. The van der Waals surface area contributed by atoms with E-state index in [9.17, 15) is 10.1 Å². The summed E-state index contributed by atoms with van der Waals surface area (Å²) in [5.41, 5.74) is 5.65. The van der Waals surface area contributed by atoms with E-state index in [1.807, 2.05) is 0 Å². The van der Waals surface area contributed by atoms with E-state index in [1.165, 1.54) is 31.4 Å². The van der Waals surface area contributed by atoms with Crippen molar-refractivity contribution in [2.75, 3.05) is 11.1 Å². The number of hydrogen-bond acceptors (Lipinski definition) is 5. The van der Waals surface area contributed by atoms with Crippen LogP contribution in [0.25, 0.3) is 0 Å². The Kier molecular flexibility index (Phi) is 2.08. The number of hydrogen-bond donors (Lipinski definition) is 2. The summed E-state index contributed by atoms with van der Waals surface area (Å²) < 4.78 is 0. The summed E-state index contributed by atoms with van der Waals surface area (Å²) in [5.74, 6) is 3.73. The molecule has 3 N–H and O–H groups in total. The Morgan fingerprint density at radius 1 is 1.32 bits per heavy atom. The maximum absolute atomic E-state index is 11.0. The van der Waals surface area contributed by atoms with Gasteiger partial charge in [-0.15, -0.1) is 0 Å². The highest BCUT2D eigenvalue weighted by atomic mass is 16.6. The number of nitrogens with one attached hydrogen (secondary N) is 1. The standard InChI is InChI=1S/C13H16N4O2/c14-9-4-3-8(17(18)19)13(15-9)16-12-10-6-1-2-7(5-6)11(10)12/h3-4,6-7,10-12H,1-2,5H2,(H3,14,15,16).